The molecule has 0 N–H and O–H groups in total. The van der Waals surface area contributed by atoms with Crippen LogP contribution < -0.4 is 9.80 Å². The topological polar surface area (TPSA) is 6.48 Å². The fourth-order valence-electron chi connectivity index (χ4n) is 9.43. The Morgan fingerprint density at radius 3 is 1.28 bits per heavy atom. The molecule has 0 aliphatic heterocycles. The third kappa shape index (κ3) is 5.65. The minimum atomic E-state index is 1.11. The van der Waals surface area contributed by atoms with Gasteiger partial charge in [0.1, 0.15) is 0 Å². The van der Waals surface area contributed by atoms with Crippen molar-refractivity contribution >= 4 is 98.8 Å². The third-order valence-electron chi connectivity index (χ3n) is 12.3. The van der Waals surface area contributed by atoms with Crippen molar-refractivity contribution < 1.29 is 0 Å². The summed E-state index contributed by atoms with van der Waals surface area (Å²) in [6.45, 7) is 0. The molecule has 0 amide bonds. The van der Waals surface area contributed by atoms with Crippen molar-refractivity contribution in [3.05, 3.63) is 231 Å². The van der Waals surface area contributed by atoms with Gasteiger partial charge in [0.25, 0.3) is 0 Å². The van der Waals surface area contributed by atoms with Gasteiger partial charge in [-0.25, -0.2) is 0 Å². The first kappa shape index (κ1) is 34.1. The average Bonchev–Trinajstić information content (AvgIpc) is 3.31. The van der Waals surface area contributed by atoms with E-state index in [2.05, 4.69) is 240 Å². The Bertz CT molecular complexity index is 3470. The molecular formula is C58H38N2. The summed E-state index contributed by atoms with van der Waals surface area (Å²) in [4.78, 5) is 4.80. The first-order valence-corrected chi connectivity index (χ1v) is 20.7. The van der Waals surface area contributed by atoms with Gasteiger partial charge in [-0.3, -0.25) is 0 Å². The SMILES string of the molecule is c1ccc(N(c2ccc3ccccc3c2)c2cc3ccc(-c4ccc(N(c5ccc6ccccc6c5)c5ccc6ccccc6c5)cc4)c4ccc5cccc2c5c34)cc1. The zero-order valence-electron chi connectivity index (χ0n) is 32.8. The Labute approximate surface area is 348 Å². The predicted octanol–water partition coefficient (Wildman–Crippen LogP) is 16.7. The van der Waals surface area contributed by atoms with Crippen LogP contribution in [0.15, 0.2) is 231 Å². The summed E-state index contributed by atoms with van der Waals surface area (Å²) in [6, 6.07) is 84.4. The molecule has 0 bridgehead atoms. The van der Waals surface area contributed by atoms with Crippen LogP contribution in [0.25, 0.3) is 75.8 Å². The van der Waals surface area contributed by atoms with Crippen LogP contribution in [-0.4, -0.2) is 0 Å². The number of hydrogen-bond acceptors (Lipinski definition) is 2. The Morgan fingerprint density at radius 1 is 0.233 bits per heavy atom. The molecule has 0 saturated heterocycles. The fraction of sp³-hybridized carbons (Fsp3) is 0. The molecule has 2 nitrogen and oxygen atoms in total. The summed E-state index contributed by atoms with van der Waals surface area (Å²) in [5, 5.41) is 14.9. The highest BCUT2D eigenvalue weighted by atomic mass is 15.1. The van der Waals surface area contributed by atoms with Gasteiger partial charge in [0, 0.05) is 33.8 Å². The number of nitrogens with zero attached hydrogens (tertiary/aromatic N) is 2. The van der Waals surface area contributed by atoms with Crippen molar-refractivity contribution in [1.29, 1.82) is 0 Å². The van der Waals surface area contributed by atoms with E-state index in [1.807, 2.05) is 0 Å². The van der Waals surface area contributed by atoms with Crippen molar-refractivity contribution in [3.8, 4) is 11.1 Å². The van der Waals surface area contributed by atoms with Crippen molar-refractivity contribution in [2.75, 3.05) is 9.80 Å². The molecule has 0 fully saturated rings. The molecule has 0 atom stereocenters. The van der Waals surface area contributed by atoms with E-state index in [0.717, 1.165) is 28.4 Å². The molecule has 0 radical (unpaired) electrons. The molecular weight excluding hydrogens is 725 g/mol. The summed E-state index contributed by atoms with van der Waals surface area (Å²) in [6.07, 6.45) is 0. The average molecular weight is 763 g/mol. The molecule has 0 unspecified atom stereocenters. The van der Waals surface area contributed by atoms with Gasteiger partial charge < -0.3 is 9.80 Å². The lowest BCUT2D eigenvalue weighted by molar-refractivity contribution is 1.29. The Balaban J connectivity index is 1.00. The van der Waals surface area contributed by atoms with E-state index in [-0.39, 0.29) is 0 Å². The summed E-state index contributed by atoms with van der Waals surface area (Å²) >= 11 is 0. The molecule has 0 aliphatic rings. The number of rotatable bonds is 7. The first-order chi connectivity index (χ1) is 29.7. The van der Waals surface area contributed by atoms with Gasteiger partial charge in [-0.1, -0.05) is 164 Å². The minimum absolute atomic E-state index is 1.11. The molecule has 0 aromatic heterocycles. The second kappa shape index (κ2) is 13.9. The largest absolute Gasteiger partial charge is 0.310 e. The lowest BCUT2D eigenvalue weighted by Gasteiger charge is -2.28. The fourth-order valence-corrected chi connectivity index (χ4v) is 9.43. The van der Waals surface area contributed by atoms with Crippen molar-refractivity contribution in [2.45, 2.75) is 0 Å². The van der Waals surface area contributed by atoms with Crippen LogP contribution in [0.5, 0.6) is 0 Å². The number of anilines is 6. The highest BCUT2D eigenvalue weighted by molar-refractivity contribution is 6.28. The van der Waals surface area contributed by atoms with Crippen molar-refractivity contribution in [2.24, 2.45) is 0 Å². The molecule has 12 aromatic rings. The molecule has 0 saturated carbocycles. The summed E-state index contributed by atoms with van der Waals surface area (Å²) in [7, 11) is 0. The van der Waals surface area contributed by atoms with Crippen molar-refractivity contribution in [1.82, 2.24) is 0 Å². The normalized spacial score (nSPS) is 11.7. The number of para-hydroxylation sites is 1. The summed E-state index contributed by atoms with van der Waals surface area (Å²) in [5.74, 6) is 0. The molecule has 280 valence electrons. The van der Waals surface area contributed by atoms with E-state index in [0.29, 0.717) is 0 Å². The molecule has 2 heteroatoms. The van der Waals surface area contributed by atoms with Crippen LogP contribution in [0.2, 0.25) is 0 Å². The first-order valence-electron chi connectivity index (χ1n) is 20.7. The van der Waals surface area contributed by atoms with Gasteiger partial charge in [0.2, 0.25) is 0 Å². The van der Waals surface area contributed by atoms with Gasteiger partial charge in [-0.15, -0.1) is 0 Å². The smallest absolute Gasteiger partial charge is 0.0546 e. The Morgan fingerprint density at radius 2 is 0.683 bits per heavy atom. The minimum Gasteiger partial charge on any atom is -0.310 e. The van der Waals surface area contributed by atoms with E-state index in [1.165, 1.54) is 81.4 Å². The van der Waals surface area contributed by atoms with Crippen LogP contribution in [-0.2, 0) is 0 Å². The predicted molar refractivity (Wildman–Crippen MR) is 257 cm³/mol. The van der Waals surface area contributed by atoms with Gasteiger partial charge in [0.15, 0.2) is 0 Å². The monoisotopic (exact) mass is 762 g/mol. The second-order valence-corrected chi connectivity index (χ2v) is 15.8. The van der Waals surface area contributed by atoms with Gasteiger partial charge in [0.05, 0.1) is 5.69 Å². The molecule has 60 heavy (non-hydrogen) atoms. The van der Waals surface area contributed by atoms with Crippen LogP contribution in [0.4, 0.5) is 34.1 Å². The molecule has 12 aromatic carbocycles. The maximum atomic E-state index is 2.42. The molecule has 0 heterocycles. The van der Waals surface area contributed by atoms with E-state index >= 15 is 0 Å². The second-order valence-electron chi connectivity index (χ2n) is 15.8. The Hall–Kier alpha value is -7.94. The van der Waals surface area contributed by atoms with Gasteiger partial charge >= 0.3 is 0 Å². The number of benzene rings is 12. The highest BCUT2D eigenvalue weighted by Gasteiger charge is 2.21. The lowest BCUT2D eigenvalue weighted by atomic mass is 9.88. The third-order valence-corrected chi connectivity index (χ3v) is 12.3. The summed E-state index contributed by atoms with van der Waals surface area (Å²) in [5.41, 5.74) is 9.22. The van der Waals surface area contributed by atoms with Crippen LogP contribution in [0, 0.1) is 0 Å². The lowest BCUT2D eigenvalue weighted by Crippen LogP contribution is -2.10. The molecule has 0 aliphatic carbocycles. The zero-order chi connectivity index (χ0) is 39.6. The number of fused-ring (bicyclic) bond motifs is 3. The van der Waals surface area contributed by atoms with E-state index in [1.54, 1.807) is 0 Å². The van der Waals surface area contributed by atoms with E-state index in [4.69, 9.17) is 0 Å². The Kier molecular flexibility index (Phi) is 7.89. The number of hydrogen-bond donors (Lipinski definition) is 0. The van der Waals surface area contributed by atoms with E-state index in [9.17, 15) is 0 Å². The summed E-state index contributed by atoms with van der Waals surface area (Å²) < 4.78 is 0. The van der Waals surface area contributed by atoms with E-state index < -0.39 is 0 Å². The van der Waals surface area contributed by atoms with Gasteiger partial charge in [-0.05, 0) is 137 Å². The quantitative estimate of drug-likeness (QED) is 0.149. The zero-order valence-corrected chi connectivity index (χ0v) is 32.8. The van der Waals surface area contributed by atoms with Crippen molar-refractivity contribution in [3.63, 3.8) is 0 Å². The highest BCUT2D eigenvalue weighted by Crippen LogP contribution is 2.47. The van der Waals surface area contributed by atoms with Crippen LogP contribution >= 0.6 is 0 Å². The standard InChI is InChI=1S/C58H38N2/c1-2-18-48(19-3-1)60(52-32-23-41-13-6-9-16-46(41)37-52)56-38-47-27-33-53(54-34-26-43-17-10-20-55(56)57(43)58(47)54)42-24-28-49(29-25-42)59(50-30-21-39-11-4-7-14-44(39)35-50)51-31-22-40-12-5-8-15-45(40)36-51/h1-38H. The van der Waals surface area contributed by atoms with Crippen LogP contribution in [0.1, 0.15) is 0 Å². The van der Waals surface area contributed by atoms with Crippen LogP contribution in [0.3, 0.4) is 0 Å². The van der Waals surface area contributed by atoms with Gasteiger partial charge in [-0.2, -0.15) is 0 Å². The molecule has 12 rings (SSSR count). The maximum Gasteiger partial charge on any atom is 0.0546 e. The maximum absolute atomic E-state index is 2.42. The molecule has 0 spiro atoms.